The predicted molar refractivity (Wildman–Crippen MR) is 110 cm³/mol. The quantitative estimate of drug-likeness (QED) is 0.492. The van der Waals surface area contributed by atoms with Crippen LogP contribution in [0.15, 0.2) is 60.0 Å². The Morgan fingerprint density at radius 3 is 2.39 bits per heavy atom. The summed E-state index contributed by atoms with van der Waals surface area (Å²) in [4.78, 5) is 23.6. The molecule has 0 spiro atoms. The summed E-state index contributed by atoms with van der Waals surface area (Å²) in [5.74, 6) is -1.45. The van der Waals surface area contributed by atoms with Crippen LogP contribution in [0, 0.1) is 0 Å². The summed E-state index contributed by atoms with van der Waals surface area (Å²) in [7, 11) is 0. The van der Waals surface area contributed by atoms with Gasteiger partial charge in [-0.1, -0.05) is 36.4 Å². The van der Waals surface area contributed by atoms with Crippen LogP contribution in [-0.4, -0.2) is 23.3 Å². The number of aliphatic carboxylic acids is 1. The summed E-state index contributed by atoms with van der Waals surface area (Å²) in [5, 5.41) is 13.4. The van der Waals surface area contributed by atoms with Crippen molar-refractivity contribution in [3.8, 4) is 16.9 Å². The van der Waals surface area contributed by atoms with Crippen LogP contribution in [0.5, 0.6) is 5.75 Å². The van der Waals surface area contributed by atoms with Crippen LogP contribution in [0.4, 0.5) is 13.2 Å². The summed E-state index contributed by atoms with van der Waals surface area (Å²) in [6, 6.07) is 14.4. The highest BCUT2D eigenvalue weighted by molar-refractivity contribution is 7.12. The number of nitrogens with one attached hydrogen (secondary N) is 1. The molecule has 0 bridgehead atoms. The zero-order valence-corrected chi connectivity index (χ0v) is 16.9. The Labute approximate surface area is 180 Å². The van der Waals surface area contributed by atoms with Crippen LogP contribution in [0.2, 0.25) is 0 Å². The van der Waals surface area contributed by atoms with Crippen molar-refractivity contribution in [2.24, 2.45) is 0 Å². The molecule has 0 aliphatic carbocycles. The van der Waals surface area contributed by atoms with Crippen LogP contribution in [-0.2, 0) is 17.8 Å². The van der Waals surface area contributed by atoms with Crippen molar-refractivity contribution in [3.63, 3.8) is 0 Å². The minimum absolute atomic E-state index is 0.0388. The van der Waals surface area contributed by atoms with E-state index >= 15 is 0 Å². The highest BCUT2D eigenvalue weighted by Crippen LogP contribution is 2.29. The van der Waals surface area contributed by atoms with Crippen molar-refractivity contribution in [1.82, 2.24) is 5.32 Å². The summed E-state index contributed by atoms with van der Waals surface area (Å²) in [5.41, 5.74) is 3.11. The normalized spacial score (nSPS) is 11.2. The van der Waals surface area contributed by atoms with Crippen molar-refractivity contribution in [3.05, 3.63) is 76.0 Å². The maximum absolute atomic E-state index is 12.4. The molecule has 2 N–H and O–H groups in total. The molecule has 0 aliphatic rings. The first kappa shape index (κ1) is 22.4. The number of benzene rings is 2. The van der Waals surface area contributed by atoms with Gasteiger partial charge < -0.3 is 15.2 Å². The smallest absolute Gasteiger partial charge is 0.481 e. The number of hydrogen-bond donors (Lipinski definition) is 2. The van der Waals surface area contributed by atoms with Gasteiger partial charge in [0, 0.05) is 13.0 Å². The first-order chi connectivity index (χ1) is 14.7. The van der Waals surface area contributed by atoms with Gasteiger partial charge in [-0.15, -0.1) is 24.5 Å². The second kappa shape index (κ2) is 9.65. The molecule has 1 aromatic heterocycles. The Morgan fingerprint density at radius 2 is 1.71 bits per heavy atom. The van der Waals surface area contributed by atoms with Gasteiger partial charge in [0.15, 0.2) is 0 Å². The number of hydrogen-bond acceptors (Lipinski definition) is 4. The number of aryl methyl sites for hydroxylation is 1. The molecule has 31 heavy (non-hydrogen) atoms. The van der Waals surface area contributed by atoms with Gasteiger partial charge in [-0.25, -0.2) is 0 Å². The Bertz CT molecular complexity index is 1060. The second-order valence-corrected chi connectivity index (χ2v) is 7.58. The molecular weight excluding hydrogens is 431 g/mol. The molecule has 0 saturated heterocycles. The Kier molecular flexibility index (Phi) is 6.96. The summed E-state index contributed by atoms with van der Waals surface area (Å²) < 4.78 is 40.6. The summed E-state index contributed by atoms with van der Waals surface area (Å²) in [6.07, 6.45) is -4.29. The van der Waals surface area contributed by atoms with Crippen molar-refractivity contribution >= 4 is 23.2 Å². The number of halogens is 3. The molecule has 1 amide bonds. The number of carbonyl (C=O) groups excluding carboxylic acids is 1. The van der Waals surface area contributed by atoms with Gasteiger partial charge in [-0.2, -0.15) is 0 Å². The number of thiophene rings is 1. The lowest BCUT2D eigenvalue weighted by Gasteiger charge is -2.08. The molecule has 0 fully saturated rings. The van der Waals surface area contributed by atoms with E-state index < -0.39 is 12.3 Å². The lowest BCUT2D eigenvalue weighted by Crippen LogP contribution is -2.21. The number of carboxylic acid groups (broad SMARTS) is 1. The van der Waals surface area contributed by atoms with E-state index in [1.54, 1.807) is 11.4 Å². The largest absolute Gasteiger partial charge is 0.573 e. The molecule has 0 unspecified atom stereocenters. The number of rotatable bonds is 8. The third kappa shape index (κ3) is 6.85. The highest BCUT2D eigenvalue weighted by atomic mass is 32.1. The molecule has 3 rings (SSSR count). The fraction of sp³-hybridized carbons (Fsp3) is 0.182. The molecule has 3 aromatic rings. The van der Waals surface area contributed by atoms with E-state index in [1.807, 2.05) is 24.3 Å². The molecule has 1 heterocycles. The van der Waals surface area contributed by atoms with Crippen molar-refractivity contribution in [1.29, 1.82) is 0 Å². The van der Waals surface area contributed by atoms with E-state index in [0.29, 0.717) is 22.4 Å². The van der Waals surface area contributed by atoms with Gasteiger partial charge >= 0.3 is 12.3 Å². The minimum Gasteiger partial charge on any atom is -0.481 e. The Balaban J connectivity index is 1.59. The van der Waals surface area contributed by atoms with Gasteiger partial charge in [-0.05, 0) is 52.3 Å². The average Bonchev–Trinajstić information content (AvgIpc) is 3.20. The van der Waals surface area contributed by atoms with Crippen LogP contribution >= 0.6 is 11.3 Å². The standard InChI is InChI=1S/C22H18F3NO4S/c23-22(24,25)30-18-7-5-16(6-8-18)17-11-19(31-13-17)21(29)26-12-15-3-1-2-14(10-15)4-9-20(27)28/h1-3,5-8,10-11,13H,4,9,12H2,(H,26,29)(H,27,28). The Morgan fingerprint density at radius 1 is 1.00 bits per heavy atom. The van der Waals surface area contributed by atoms with Gasteiger partial charge in [0.25, 0.3) is 5.91 Å². The van der Waals surface area contributed by atoms with E-state index in [0.717, 1.165) is 11.1 Å². The zero-order valence-electron chi connectivity index (χ0n) is 16.1. The van der Waals surface area contributed by atoms with Gasteiger partial charge in [-0.3, -0.25) is 9.59 Å². The molecule has 162 valence electrons. The van der Waals surface area contributed by atoms with Crippen molar-refractivity contribution in [2.45, 2.75) is 25.7 Å². The third-order valence-corrected chi connectivity index (χ3v) is 5.25. The maximum atomic E-state index is 12.4. The van der Waals surface area contributed by atoms with E-state index in [-0.39, 0.29) is 24.6 Å². The second-order valence-electron chi connectivity index (χ2n) is 6.67. The maximum Gasteiger partial charge on any atom is 0.573 e. The molecule has 2 aromatic carbocycles. The predicted octanol–water partition coefficient (Wildman–Crippen LogP) is 5.26. The molecule has 0 atom stereocenters. The molecule has 0 saturated carbocycles. The first-order valence-corrected chi connectivity index (χ1v) is 10.1. The monoisotopic (exact) mass is 449 g/mol. The van der Waals surface area contributed by atoms with Gasteiger partial charge in [0.05, 0.1) is 4.88 Å². The summed E-state index contributed by atoms with van der Waals surface area (Å²) in [6.45, 7) is 0.288. The number of ether oxygens (including phenoxy) is 1. The number of alkyl halides is 3. The van der Waals surface area contributed by atoms with Crippen molar-refractivity contribution < 1.29 is 32.6 Å². The molecule has 0 aliphatic heterocycles. The van der Waals surface area contributed by atoms with Crippen LogP contribution < -0.4 is 10.1 Å². The Hall–Kier alpha value is -3.33. The topological polar surface area (TPSA) is 75.6 Å². The van der Waals surface area contributed by atoms with Gasteiger partial charge in [0.1, 0.15) is 5.75 Å². The fourth-order valence-electron chi connectivity index (χ4n) is 2.87. The summed E-state index contributed by atoms with van der Waals surface area (Å²) >= 11 is 1.23. The van der Waals surface area contributed by atoms with Gasteiger partial charge in [0.2, 0.25) is 0 Å². The van der Waals surface area contributed by atoms with Crippen LogP contribution in [0.25, 0.3) is 11.1 Å². The lowest BCUT2D eigenvalue weighted by atomic mass is 10.1. The fourth-order valence-corrected chi connectivity index (χ4v) is 3.70. The van der Waals surface area contributed by atoms with E-state index in [9.17, 15) is 22.8 Å². The molecule has 5 nitrogen and oxygen atoms in total. The SMILES string of the molecule is O=C(O)CCc1cccc(CNC(=O)c2cc(-c3ccc(OC(F)(F)F)cc3)cs2)c1. The van der Waals surface area contributed by atoms with Crippen LogP contribution in [0.3, 0.4) is 0 Å². The first-order valence-electron chi connectivity index (χ1n) is 9.22. The van der Waals surface area contributed by atoms with Crippen molar-refractivity contribution in [2.75, 3.05) is 0 Å². The van der Waals surface area contributed by atoms with E-state index in [2.05, 4.69) is 10.1 Å². The van der Waals surface area contributed by atoms with E-state index in [4.69, 9.17) is 5.11 Å². The molecule has 9 heteroatoms. The van der Waals surface area contributed by atoms with Crippen LogP contribution in [0.1, 0.15) is 27.2 Å². The lowest BCUT2D eigenvalue weighted by molar-refractivity contribution is -0.274. The zero-order chi connectivity index (χ0) is 22.4. The minimum atomic E-state index is -4.75. The highest BCUT2D eigenvalue weighted by Gasteiger charge is 2.31. The number of amides is 1. The molecular formula is C22H18F3NO4S. The average molecular weight is 449 g/mol. The van der Waals surface area contributed by atoms with E-state index in [1.165, 1.54) is 35.6 Å². The number of carboxylic acids is 1. The third-order valence-electron chi connectivity index (χ3n) is 4.32. The molecule has 0 radical (unpaired) electrons. The number of carbonyl (C=O) groups is 2.